The first-order chi connectivity index (χ1) is 49.2. The Bertz CT molecular complexity index is 6120. The van der Waals surface area contributed by atoms with Gasteiger partial charge in [0.25, 0.3) is 6.71 Å². The fraction of sp³-hybridized carbons (Fsp3) is 0.233. The van der Waals surface area contributed by atoms with Gasteiger partial charge in [-0.25, -0.2) is 0 Å². The highest BCUT2D eigenvalue weighted by Crippen LogP contribution is 2.53. The van der Waals surface area contributed by atoms with Crippen molar-refractivity contribution < 1.29 is 22.2 Å². The van der Waals surface area contributed by atoms with E-state index in [1.165, 1.54) is 0 Å². The van der Waals surface area contributed by atoms with Crippen LogP contribution in [0.3, 0.4) is 0 Å². The number of benzene rings is 11. The molecule has 0 radical (unpaired) electrons. The molecule has 0 bridgehead atoms. The minimum atomic E-state index is -0.782. The molecule has 0 atom stereocenters. The monoisotopic (exact) mass is 1210 g/mol. The van der Waals surface area contributed by atoms with Crippen LogP contribution >= 0.6 is 0 Å². The maximum atomic E-state index is 10.2. The van der Waals surface area contributed by atoms with Gasteiger partial charge in [0, 0.05) is 83.1 Å². The zero-order valence-electron chi connectivity index (χ0n) is 68.0. The van der Waals surface area contributed by atoms with E-state index in [1.54, 1.807) is 9.13 Å². The normalized spacial score (nSPS) is 15.6. The van der Waals surface area contributed by atoms with E-state index in [2.05, 4.69) is 137 Å². The second-order valence-electron chi connectivity index (χ2n) is 30.5. The van der Waals surface area contributed by atoms with Crippen molar-refractivity contribution in [2.75, 3.05) is 10.2 Å². The number of nitrogens with one attached hydrogen (secondary N) is 1. The zero-order chi connectivity index (χ0) is 75.2. The number of aromatic nitrogens is 2. The highest BCUT2D eigenvalue weighted by Gasteiger charge is 2.44. The lowest BCUT2D eigenvalue weighted by Crippen LogP contribution is -2.60. The minimum Gasteiger partial charge on any atom is -0.455 e. The highest BCUT2D eigenvalue weighted by atomic mass is 16.3. The van der Waals surface area contributed by atoms with Crippen molar-refractivity contribution in [1.29, 1.82) is 0 Å². The summed E-state index contributed by atoms with van der Waals surface area (Å²) in [6, 6.07) is 43.1. The summed E-state index contributed by atoms with van der Waals surface area (Å²) < 4.78 is 138. The molecule has 5 heterocycles. The number of para-hydroxylation sites is 3. The van der Waals surface area contributed by atoms with Gasteiger partial charge in [0.2, 0.25) is 0 Å². The lowest BCUT2D eigenvalue weighted by atomic mass is 9.33. The van der Waals surface area contributed by atoms with Crippen molar-refractivity contribution in [2.45, 2.75) is 131 Å². The van der Waals surface area contributed by atoms with Crippen molar-refractivity contribution in [3.8, 4) is 33.6 Å². The highest BCUT2D eigenvalue weighted by molar-refractivity contribution is 7.00. The summed E-state index contributed by atoms with van der Waals surface area (Å²) >= 11 is 0. The van der Waals surface area contributed by atoms with Crippen LogP contribution in [0.1, 0.15) is 149 Å². The zero-order valence-corrected chi connectivity index (χ0v) is 55.0. The van der Waals surface area contributed by atoms with Crippen LogP contribution in [0, 0.1) is 0 Å². The van der Waals surface area contributed by atoms with Crippen LogP contribution in [0.4, 0.5) is 28.4 Å². The summed E-state index contributed by atoms with van der Waals surface area (Å²) in [5.74, 6) is 0. The standard InChI is InChI=1S/C86H81BN4O/c1-82(2,3)52-32-39-73-64(42-52)59-26-19-21-30-72(59)89(73)57-35-37-68-70(49-57)88-71-47-56(86(13,14)15)48-77-79(71)87(68)69-38-36-58(90-74-40-33-53(83(4,5)6)43-65(74)66-44-54(84(7,8)9)34-41-75(66)90)50-76(69)91(77)80-63(51-24-17-16-18-25-51)45-55(85(10,11)12)46-67(80)62-29-23-28-61-60-27-20-22-31-78(60)92-81(61)62/h16-50,88H,1-15H3/i19D,21D,26D,30D,32D,33D,34D,39D,40D,41D,42D,43D,44D. The molecule has 454 valence electrons. The van der Waals surface area contributed by atoms with Gasteiger partial charge in [-0.1, -0.05) is 219 Å². The van der Waals surface area contributed by atoms with E-state index in [0.717, 1.165) is 83.2 Å². The SMILES string of the molecule is [2H]c1c([2H])c([2H])c2c(c1[2H])c1c([2H])c(C(C)(C)C)c([2H])c([2H])c1n2-c1ccc2c(c1)Nc1cc(C(C)(C)C)cc3c1B2c1ccc(-n2c4c([2H])c([2H])c(C(C)(C)C)c([2H])c4c4c([2H])c(C(C)(C)C)c([2H])c([2H])c42)cc1N3c1c(-c2ccccc2)cc(C(C)(C)C)cc1-c1cccc2c1oc1ccccc12. The third-order valence-corrected chi connectivity index (χ3v) is 18.9. The van der Waals surface area contributed by atoms with Gasteiger partial charge in [-0.05, 0) is 174 Å². The molecule has 92 heavy (non-hydrogen) atoms. The molecule has 2 aliphatic heterocycles. The average Bonchev–Trinajstić information content (AvgIpc) is 1.67. The first-order valence-corrected chi connectivity index (χ1v) is 32.1. The van der Waals surface area contributed by atoms with Crippen LogP contribution in [0.5, 0.6) is 0 Å². The molecule has 2 aliphatic rings. The van der Waals surface area contributed by atoms with E-state index >= 15 is 0 Å². The van der Waals surface area contributed by atoms with E-state index < -0.39 is 45.9 Å². The first kappa shape index (κ1) is 44.9. The van der Waals surface area contributed by atoms with Crippen molar-refractivity contribution in [3.63, 3.8) is 0 Å². The lowest BCUT2D eigenvalue weighted by molar-refractivity contribution is 0.590. The fourth-order valence-corrected chi connectivity index (χ4v) is 13.9. The van der Waals surface area contributed by atoms with Gasteiger partial charge in [-0.15, -0.1) is 0 Å². The summed E-state index contributed by atoms with van der Waals surface area (Å²) in [7, 11) is 0. The molecular weight excluding hydrogens is 1120 g/mol. The molecule has 0 saturated heterocycles. The van der Waals surface area contributed by atoms with Crippen LogP contribution in [0.25, 0.3) is 99.2 Å². The predicted octanol–water partition coefficient (Wildman–Crippen LogP) is 22.0. The Morgan fingerprint density at radius 3 is 1.53 bits per heavy atom. The number of hydrogen-bond acceptors (Lipinski definition) is 3. The van der Waals surface area contributed by atoms with Crippen LogP contribution in [0.15, 0.2) is 216 Å². The Hall–Kier alpha value is -9.52. The average molecular weight is 1210 g/mol. The summed E-state index contributed by atoms with van der Waals surface area (Å²) in [4.78, 5) is 2.37. The van der Waals surface area contributed by atoms with Crippen LogP contribution in [0.2, 0.25) is 0 Å². The molecule has 0 amide bonds. The number of fused-ring (bicyclic) bond motifs is 13. The van der Waals surface area contributed by atoms with Crippen molar-refractivity contribution >= 4 is 117 Å². The van der Waals surface area contributed by atoms with E-state index in [4.69, 9.17) is 7.16 Å². The molecular formula is C86H81BN4O. The van der Waals surface area contributed by atoms with Gasteiger partial charge < -0.3 is 23.8 Å². The molecule has 0 spiro atoms. The second-order valence-corrected chi connectivity index (χ2v) is 30.5. The van der Waals surface area contributed by atoms with Gasteiger partial charge in [0.1, 0.15) is 11.2 Å². The van der Waals surface area contributed by atoms with E-state index in [1.807, 2.05) is 111 Å². The number of nitrogens with zero attached hydrogens (tertiary/aromatic N) is 3. The van der Waals surface area contributed by atoms with Gasteiger partial charge in [-0.2, -0.15) is 0 Å². The molecule has 14 aromatic rings. The Balaban J connectivity index is 1.08. The molecule has 0 saturated carbocycles. The van der Waals surface area contributed by atoms with Gasteiger partial charge in [0.15, 0.2) is 0 Å². The number of rotatable bonds is 5. The third-order valence-electron chi connectivity index (χ3n) is 18.9. The number of furan rings is 1. The van der Waals surface area contributed by atoms with Gasteiger partial charge >= 0.3 is 0 Å². The molecule has 1 N–H and O–H groups in total. The maximum absolute atomic E-state index is 10.2. The van der Waals surface area contributed by atoms with Crippen molar-refractivity contribution in [2.24, 2.45) is 0 Å². The molecule has 16 rings (SSSR count). The molecule has 11 aromatic carbocycles. The van der Waals surface area contributed by atoms with E-state index in [-0.39, 0.29) is 110 Å². The molecule has 0 aliphatic carbocycles. The Kier molecular flexibility index (Phi) is 9.75. The molecule has 5 nitrogen and oxygen atoms in total. The van der Waals surface area contributed by atoms with Crippen molar-refractivity contribution in [1.82, 2.24) is 9.13 Å². The molecule has 0 unspecified atom stereocenters. The van der Waals surface area contributed by atoms with Gasteiger partial charge in [-0.3, -0.25) is 0 Å². The smallest absolute Gasteiger partial charge is 0.252 e. The Labute approximate surface area is 560 Å². The second kappa shape index (κ2) is 20.0. The Morgan fingerprint density at radius 1 is 0.391 bits per heavy atom. The van der Waals surface area contributed by atoms with Crippen molar-refractivity contribution in [3.05, 3.63) is 240 Å². The maximum Gasteiger partial charge on any atom is 0.252 e. The van der Waals surface area contributed by atoms with Crippen LogP contribution < -0.4 is 26.6 Å². The molecule has 0 fully saturated rings. The van der Waals surface area contributed by atoms with Crippen LogP contribution in [-0.2, 0) is 27.1 Å². The summed E-state index contributed by atoms with van der Waals surface area (Å²) in [6.45, 7) is 29.7. The first-order valence-electron chi connectivity index (χ1n) is 38.6. The van der Waals surface area contributed by atoms with Crippen LogP contribution in [-0.4, -0.2) is 15.8 Å². The Morgan fingerprint density at radius 2 is 0.913 bits per heavy atom. The minimum absolute atomic E-state index is 0.0137. The lowest BCUT2D eigenvalue weighted by Gasteiger charge is -2.43. The van der Waals surface area contributed by atoms with Gasteiger partial charge in [0.05, 0.1) is 45.6 Å². The number of hydrogen-bond donors (Lipinski definition) is 1. The topological polar surface area (TPSA) is 38.3 Å². The van der Waals surface area contributed by atoms with E-state index in [0.29, 0.717) is 45.0 Å². The summed E-state index contributed by atoms with van der Waals surface area (Å²) in [5, 5.41) is 6.65. The summed E-state index contributed by atoms with van der Waals surface area (Å²) in [6.07, 6.45) is 0. The quantitative estimate of drug-likeness (QED) is 0.175. The fourth-order valence-electron chi connectivity index (χ4n) is 13.9. The summed E-state index contributed by atoms with van der Waals surface area (Å²) in [5.41, 5.74) is 12.5. The third kappa shape index (κ3) is 9.02. The molecule has 3 aromatic heterocycles. The number of anilines is 5. The van der Waals surface area contributed by atoms with E-state index in [9.17, 15) is 15.1 Å². The predicted molar refractivity (Wildman–Crippen MR) is 396 cm³/mol. The molecule has 6 heteroatoms. The largest absolute Gasteiger partial charge is 0.455 e.